The van der Waals surface area contributed by atoms with E-state index in [4.69, 9.17) is 14.2 Å². The van der Waals surface area contributed by atoms with Crippen molar-refractivity contribution in [2.24, 2.45) is 11.8 Å². The van der Waals surface area contributed by atoms with Gasteiger partial charge in [-0.3, -0.25) is 4.90 Å². The van der Waals surface area contributed by atoms with E-state index in [0.29, 0.717) is 16.0 Å². The Hall–Kier alpha value is -4.15. The number of benzene rings is 1. The highest BCUT2D eigenvalue weighted by Crippen LogP contribution is 2.36. The van der Waals surface area contributed by atoms with Crippen LogP contribution in [0.15, 0.2) is 90.4 Å². The van der Waals surface area contributed by atoms with E-state index in [0.717, 1.165) is 6.26 Å². The number of hydrogen-bond acceptors (Lipinski definition) is 11. The lowest BCUT2D eigenvalue weighted by Gasteiger charge is -2.42. The molecule has 14 heteroatoms. The Bertz CT molecular complexity index is 1380. The number of nitrogens with one attached hydrogen (secondary N) is 1. The van der Waals surface area contributed by atoms with Crippen LogP contribution >= 0.6 is 0 Å². The summed E-state index contributed by atoms with van der Waals surface area (Å²) in [6, 6.07) is 7.67. The van der Waals surface area contributed by atoms with Gasteiger partial charge < -0.3 is 54.8 Å². The van der Waals surface area contributed by atoms with Crippen LogP contribution in [-0.2, 0) is 35.0 Å². The molecule has 0 amide bonds. The molecule has 3 aliphatic rings. The minimum Gasteiger partial charge on any atom is -0.544 e. The normalized spacial score (nSPS) is 32.4. The van der Waals surface area contributed by atoms with Crippen LogP contribution in [0.3, 0.4) is 0 Å². The molecule has 1 aromatic carbocycles. The molecule has 45 heavy (non-hydrogen) atoms. The van der Waals surface area contributed by atoms with E-state index in [1.807, 2.05) is 0 Å². The van der Waals surface area contributed by atoms with Crippen LogP contribution in [0.2, 0.25) is 0 Å². The van der Waals surface area contributed by atoms with Crippen molar-refractivity contribution in [3.8, 4) is 0 Å². The molecule has 4 rings (SSSR count). The second-order valence-electron chi connectivity index (χ2n) is 10.8. The van der Waals surface area contributed by atoms with Gasteiger partial charge >= 0.3 is 11.9 Å². The minimum atomic E-state index is -1.75. The summed E-state index contributed by atoms with van der Waals surface area (Å²) in [6.45, 7) is 2.91. The lowest BCUT2D eigenvalue weighted by atomic mass is 9.83. The molecule has 0 radical (unpaired) electrons. The fourth-order valence-corrected chi connectivity index (χ4v) is 5.47. The minimum absolute atomic E-state index is 0.0697. The monoisotopic (exact) mass is 629 g/mol. The van der Waals surface area contributed by atoms with Gasteiger partial charge in [0.15, 0.2) is 6.29 Å². The zero-order valence-electron chi connectivity index (χ0n) is 23.9. The van der Waals surface area contributed by atoms with E-state index in [1.165, 1.54) is 30.5 Å². The van der Waals surface area contributed by atoms with Crippen molar-refractivity contribution < 1.29 is 69.2 Å². The van der Waals surface area contributed by atoms with Crippen molar-refractivity contribution in [3.63, 3.8) is 0 Å². The lowest BCUT2D eigenvalue weighted by molar-refractivity contribution is -0.863. The highest BCUT2D eigenvalue weighted by molar-refractivity contribution is 5.88. The number of carboxylic acids is 3. The van der Waals surface area contributed by atoms with Crippen molar-refractivity contribution >= 4 is 17.9 Å². The SMILES string of the molecule is C=CC1C(OC2OC(CO)C(O)C(O)C2O)OC=C(C(=O)O)C1C=CC1=C[NH+](C(Cc2ccccc2)C(=O)[O-])CC(C(=O)O)=C1. The number of quaternary nitrogens is 1. The topological polar surface area (TPSA) is 228 Å². The summed E-state index contributed by atoms with van der Waals surface area (Å²) >= 11 is 0. The Morgan fingerprint density at radius 3 is 2.38 bits per heavy atom. The predicted octanol–water partition coefficient (Wildman–Crippen LogP) is -2.74. The van der Waals surface area contributed by atoms with E-state index in [2.05, 4.69) is 6.58 Å². The number of carboxylic acid groups (broad SMARTS) is 3. The van der Waals surface area contributed by atoms with E-state index in [-0.39, 0.29) is 24.1 Å². The van der Waals surface area contributed by atoms with Gasteiger partial charge in [0.1, 0.15) is 43.2 Å². The molecule has 0 aliphatic carbocycles. The van der Waals surface area contributed by atoms with Crippen molar-refractivity contribution in [3.05, 3.63) is 96.0 Å². The highest BCUT2D eigenvalue weighted by atomic mass is 16.8. The van der Waals surface area contributed by atoms with Gasteiger partial charge in [-0.05, 0) is 11.6 Å². The quantitative estimate of drug-likeness (QED) is 0.117. The molecule has 1 aromatic rings. The van der Waals surface area contributed by atoms with E-state index in [9.17, 15) is 50.1 Å². The van der Waals surface area contributed by atoms with Gasteiger partial charge in [-0.2, -0.15) is 0 Å². The Balaban J connectivity index is 1.62. The number of ether oxygens (including phenoxy) is 3. The summed E-state index contributed by atoms with van der Waals surface area (Å²) in [5, 5.41) is 71.9. The largest absolute Gasteiger partial charge is 0.544 e. The third-order valence-corrected chi connectivity index (χ3v) is 7.93. The third kappa shape index (κ3) is 7.75. The second-order valence-corrected chi connectivity index (χ2v) is 10.8. The molecule has 10 atom stereocenters. The van der Waals surface area contributed by atoms with E-state index in [1.54, 1.807) is 30.3 Å². The summed E-state index contributed by atoms with van der Waals surface area (Å²) in [4.78, 5) is 36.6. The first kappa shape index (κ1) is 33.7. The number of allylic oxidation sites excluding steroid dienone is 4. The molecule has 0 bridgehead atoms. The summed E-state index contributed by atoms with van der Waals surface area (Å²) in [5.41, 5.74) is 0.716. The summed E-state index contributed by atoms with van der Waals surface area (Å²) < 4.78 is 16.6. The standard InChI is InChI=1S/C31H35NO13/c1-2-19-20(21(28(39)40)15-43-30(19)45-31-26(36)25(35)24(34)23(14-33)44-31)9-8-17-10-18(27(37)38)13-32(12-17)22(29(41)42)11-16-6-4-3-5-7-16/h2-10,12,15,19-20,22-26,30-31,33-36H,1,11,13-14H2,(H,37,38)(H,39,40)(H,41,42). The average molecular weight is 630 g/mol. The van der Waals surface area contributed by atoms with Gasteiger partial charge in [0.2, 0.25) is 6.29 Å². The zero-order chi connectivity index (χ0) is 32.8. The number of carbonyl (C=O) groups excluding carboxylic acids is 1. The molecule has 1 fully saturated rings. The first-order valence-electron chi connectivity index (χ1n) is 14.1. The maximum atomic E-state index is 12.2. The number of aliphatic hydroxyl groups excluding tert-OH is 4. The van der Waals surface area contributed by atoms with Gasteiger partial charge in [-0.25, -0.2) is 9.59 Å². The molecule has 14 nitrogen and oxygen atoms in total. The molecular formula is C31H35NO13. The number of aliphatic carboxylic acids is 3. The fraction of sp³-hybridized carbons (Fsp3) is 0.387. The average Bonchev–Trinajstić information content (AvgIpc) is 3.02. The zero-order valence-corrected chi connectivity index (χ0v) is 23.9. The maximum Gasteiger partial charge on any atom is 0.337 e. The summed E-state index contributed by atoms with van der Waals surface area (Å²) in [7, 11) is 0. The van der Waals surface area contributed by atoms with Crippen LogP contribution < -0.4 is 10.0 Å². The van der Waals surface area contributed by atoms with Gasteiger partial charge in [-0.1, -0.05) is 48.6 Å². The number of carbonyl (C=O) groups is 3. The predicted molar refractivity (Wildman–Crippen MR) is 150 cm³/mol. The Morgan fingerprint density at radius 2 is 1.78 bits per heavy atom. The summed E-state index contributed by atoms with van der Waals surface area (Å²) in [6.07, 6.45) is -1.12. The molecular weight excluding hydrogens is 594 g/mol. The Labute approximate surface area is 257 Å². The number of hydrogen-bond donors (Lipinski definition) is 7. The molecule has 7 N–H and O–H groups in total. The Kier molecular flexibility index (Phi) is 11.1. The molecule has 3 heterocycles. The van der Waals surface area contributed by atoms with E-state index < -0.39 is 79.4 Å². The second kappa shape index (κ2) is 14.8. The van der Waals surface area contributed by atoms with Crippen LogP contribution in [0.25, 0.3) is 0 Å². The molecule has 0 saturated carbocycles. The van der Waals surface area contributed by atoms with Gasteiger partial charge in [0, 0.05) is 17.9 Å². The van der Waals surface area contributed by atoms with Crippen LogP contribution in [0.4, 0.5) is 0 Å². The van der Waals surface area contributed by atoms with E-state index >= 15 is 0 Å². The molecule has 3 aliphatic heterocycles. The molecule has 0 aromatic heterocycles. The van der Waals surface area contributed by atoms with Gasteiger partial charge in [0.25, 0.3) is 0 Å². The van der Waals surface area contributed by atoms with Gasteiger partial charge in [-0.15, -0.1) is 6.58 Å². The van der Waals surface area contributed by atoms with Crippen LogP contribution in [-0.4, -0.2) is 105 Å². The van der Waals surface area contributed by atoms with Crippen molar-refractivity contribution in [1.29, 1.82) is 0 Å². The first-order valence-corrected chi connectivity index (χ1v) is 14.1. The van der Waals surface area contributed by atoms with Gasteiger partial charge in [0.05, 0.1) is 35.9 Å². The first-order chi connectivity index (χ1) is 21.4. The van der Waals surface area contributed by atoms with Crippen molar-refractivity contribution in [2.45, 2.75) is 49.5 Å². The smallest absolute Gasteiger partial charge is 0.337 e. The lowest BCUT2D eigenvalue weighted by Crippen LogP contribution is -3.14. The summed E-state index contributed by atoms with van der Waals surface area (Å²) in [5.74, 6) is -5.89. The van der Waals surface area contributed by atoms with Crippen LogP contribution in [0.5, 0.6) is 0 Å². The molecule has 10 unspecified atom stereocenters. The Morgan fingerprint density at radius 1 is 1.07 bits per heavy atom. The highest BCUT2D eigenvalue weighted by Gasteiger charge is 2.47. The number of aliphatic hydroxyl groups is 4. The van der Waals surface area contributed by atoms with Crippen LogP contribution in [0, 0.1) is 11.8 Å². The van der Waals surface area contributed by atoms with Crippen molar-refractivity contribution in [1.82, 2.24) is 0 Å². The molecule has 242 valence electrons. The van der Waals surface area contributed by atoms with Crippen LogP contribution in [0.1, 0.15) is 5.56 Å². The fourth-order valence-electron chi connectivity index (χ4n) is 5.47. The molecule has 0 spiro atoms. The molecule has 1 saturated heterocycles. The maximum absolute atomic E-state index is 12.2. The third-order valence-electron chi connectivity index (χ3n) is 7.93. The number of rotatable bonds is 12. The van der Waals surface area contributed by atoms with Crippen molar-refractivity contribution in [2.75, 3.05) is 13.2 Å².